The highest BCUT2D eigenvalue weighted by atomic mass is 15.2. The van der Waals surface area contributed by atoms with E-state index in [-0.39, 0.29) is 0 Å². The van der Waals surface area contributed by atoms with Gasteiger partial charge in [0, 0.05) is 38.9 Å². The maximum atomic E-state index is 4.82. The lowest BCUT2D eigenvalue weighted by atomic mass is 10.2. The van der Waals surface area contributed by atoms with E-state index in [4.69, 9.17) is 9.97 Å². The smallest absolute Gasteiger partial charge is 0.161 e. The van der Waals surface area contributed by atoms with Gasteiger partial charge in [0.2, 0.25) is 0 Å². The largest absolute Gasteiger partial charge is 0.369 e. The fourth-order valence-corrected chi connectivity index (χ4v) is 3.73. The Morgan fingerprint density at radius 1 is 0.815 bits per heavy atom. The van der Waals surface area contributed by atoms with E-state index in [1.807, 2.05) is 30.5 Å². The molecular formula is C21H22N6. The molecule has 6 heteroatoms. The third-order valence-electron chi connectivity index (χ3n) is 5.41. The second kappa shape index (κ2) is 6.32. The molecule has 1 aliphatic rings. The van der Waals surface area contributed by atoms with Crippen molar-refractivity contribution in [1.29, 1.82) is 0 Å². The first kappa shape index (κ1) is 16.2. The Morgan fingerprint density at radius 3 is 2.41 bits per heavy atom. The van der Waals surface area contributed by atoms with E-state index in [1.54, 1.807) is 0 Å². The van der Waals surface area contributed by atoms with Crippen LogP contribution in [-0.2, 0) is 7.05 Å². The van der Waals surface area contributed by atoms with Crippen molar-refractivity contribution in [3.05, 3.63) is 48.7 Å². The number of fused-ring (bicyclic) bond motifs is 2. The first-order valence-electron chi connectivity index (χ1n) is 9.31. The summed E-state index contributed by atoms with van der Waals surface area (Å²) in [5.41, 5.74) is 5.96. The fraction of sp³-hybridized carbons (Fsp3) is 0.286. The minimum Gasteiger partial charge on any atom is -0.369 e. The maximum absolute atomic E-state index is 4.82. The summed E-state index contributed by atoms with van der Waals surface area (Å²) in [5, 5.41) is 0. The Hall–Kier alpha value is -2.99. The van der Waals surface area contributed by atoms with Crippen LogP contribution in [0.5, 0.6) is 0 Å². The summed E-state index contributed by atoms with van der Waals surface area (Å²) in [5.74, 6) is 0.846. The van der Waals surface area contributed by atoms with Crippen molar-refractivity contribution in [3.63, 3.8) is 0 Å². The van der Waals surface area contributed by atoms with E-state index in [1.165, 1.54) is 5.69 Å². The van der Waals surface area contributed by atoms with Crippen molar-refractivity contribution in [2.75, 3.05) is 38.1 Å². The molecule has 0 aliphatic carbocycles. The summed E-state index contributed by atoms with van der Waals surface area (Å²) in [4.78, 5) is 18.9. The summed E-state index contributed by atoms with van der Waals surface area (Å²) in [6, 6.07) is 14.5. The molecule has 3 heterocycles. The topological polar surface area (TPSA) is 50.1 Å². The molecule has 0 bridgehead atoms. The van der Waals surface area contributed by atoms with E-state index in [0.717, 1.165) is 59.8 Å². The zero-order valence-corrected chi connectivity index (χ0v) is 15.6. The summed E-state index contributed by atoms with van der Waals surface area (Å²) < 4.78 is 2.12. The van der Waals surface area contributed by atoms with Crippen molar-refractivity contribution in [1.82, 2.24) is 24.4 Å². The maximum Gasteiger partial charge on any atom is 0.161 e. The van der Waals surface area contributed by atoms with Gasteiger partial charge in [-0.25, -0.2) is 9.97 Å². The van der Waals surface area contributed by atoms with Crippen molar-refractivity contribution < 1.29 is 0 Å². The normalized spacial score (nSPS) is 15.7. The molecule has 1 saturated heterocycles. The highest BCUT2D eigenvalue weighted by molar-refractivity contribution is 5.84. The third kappa shape index (κ3) is 2.82. The predicted molar refractivity (Wildman–Crippen MR) is 109 cm³/mol. The van der Waals surface area contributed by atoms with E-state index >= 15 is 0 Å². The van der Waals surface area contributed by atoms with Crippen LogP contribution < -0.4 is 4.90 Å². The lowest BCUT2D eigenvalue weighted by Crippen LogP contribution is -2.44. The van der Waals surface area contributed by atoms with Crippen LogP contribution in [-0.4, -0.2) is 57.6 Å². The van der Waals surface area contributed by atoms with Crippen LogP contribution in [0, 0.1) is 0 Å². The lowest BCUT2D eigenvalue weighted by Gasteiger charge is -2.34. The summed E-state index contributed by atoms with van der Waals surface area (Å²) in [6.07, 6.45) is 1.81. The van der Waals surface area contributed by atoms with Crippen LogP contribution in [0.4, 0.5) is 5.69 Å². The van der Waals surface area contributed by atoms with Crippen LogP contribution >= 0.6 is 0 Å². The number of anilines is 1. The monoisotopic (exact) mass is 358 g/mol. The number of hydrogen-bond acceptors (Lipinski definition) is 5. The number of para-hydroxylation sites is 2. The van der Waals surface area contributed by atoms with Gasteiger partial charge in [0.15, 0.2) is 5.82 Å². The standard InChI is InChI=1S/C21H22N6/c1-25-9-11-27(12-10-25)15-7-8-18-20(13-15)26(2)21(24-18)19-14-22-16-5-3-4-6-17(16)23-19/h3-8,13-14H,9-12H2,1-2H3. The minimum atomic E-state index is 0.800. The number of piperazine rings is 1. The summed E-state index contributed by atoms with van der Waals surface area (Å²) >= 11 is 0. The van der Waals surface area contributed by atoms with Gasteiger partial charge < -0.3 is 14.4 Å². The lowest BCUT2D eigenvalue weighted by molar-refractivity contribution is 0.313. The van der Waals surface area contributed by atoms with Crippen molar-refractivity contribution in [2.24, 2.45) is 7.05 Å². The number of aryl methyl sites for hydroxylation is 1. The first-order valence-corrected chi connectivity index (χ1v) is 9.31. The van der Waals surface area contributed by atoms with E-state index < -0.39 is 0 Å². The van der Waals surface area contributed by atoms with E-state index in [2.05, 4.69) is 51.6 Å². The summed E-state index contributed by atoms with van der Waals surface area (Å²) in [6.45, 7) is 4.31. The molecule has 2 aromatic heterocycles. The van der Waals surface area contributed by atoms with Gasteiger partial charge in [-0.15, -0.1) is 0 Å². The molecule has 0 unspecified atom stereocenters. The first-order chi connectivity index (χ1) is 13.2. The number of imidazole rings is 1. The van der Waals surface area contributed by atoms with Gasteiger partial charge in [-0.1, -0.05) is 12.1 Å². The van der Waals surface area contributed by atoms with Crippen molar-refractivity contribution in [3.8, 4) is 11.5 Å². The van der Waals surface area contributed by atoms with Crippen LogP contribution in [0.25, 0.3) is 33.6 Å². The van der Waals surface area contributed by atoms with Crippen LogP contribution in [0.1, 0.15) is 0 Å². The number of rotatable bonds is 2. The number of aromatic nitrogens is 4. The number of likely N-dealkylation sites (N-methyl/N-ethyl adjacent to an activating group) is 1. The number of nitrogens with zero attached hydrogens (tertiary/aromatic N) is 6. The molecule has 5 rings (SSSR count). The molecule has 136 valence electrons. The van der Waals surface area contributed by atoms with Gasteiger partial charge in [0.1, 0.15) is 5.69 Å². The zero-order valence-electron chi connectivity index (χ0n) is 15.6. The molecule has 0 radical (unpaired) electrons. The second-order valence-corrected chi connectivity index (χ2v) is 7.20. The minimum absolute atomic E-state index is 0.800. The van der Waals surface area contributed by atoms with Crippen molar-refractivity contribution >= 4 is 27.8 Å². The Labute approximate surface area is 158 Å². The molecule has 27 heavy (non-hydrogen) atoms. The molecule has 0 atom stereocenters. The Balaban J connectivity index is 1.56. The Bertz CT molecular complexity index is 1120. The highest BCUT2D eigenvalue weighted by Crippen LogP contribution is 2.27. The molecule has 1 aliphatic heterocycles. The van der Waals surface area contributed by atoms with Crippen molar-refractivity contribution in [2.45, 2.75) is 0 Å². The van der Waals surface area contributed by atoms with Gasteiger partial charge in [-0.3, -0.25) is 4.98 Å². The average Bonchev–Trinajstić information content (AvgIpc) is 3.04. The molecule has 2 aromatic carbocycles. The van der Waals surface area contributed by atoms with E-state index in [0.29, 0.717) is 0 Å². The van der Waals surface area contributed by atoms with E-state index in [9.17, 15) is 0 Å². The molecule has 6 nitrogen and oxygen atoms in total. The molecular weight excluding hydrogens is 336 g/mol. The zero-order chi connectivity index (χ0) is 18.4. The fourth-order valence-electron chi connectivity index (χ4n) is 3.73. The van der Waals surface area contributed by atoms with Gasteiger partial charge in [0.05, 0.1) is 28.3 Å². The predicted octanol–water partition coefficient (Wildman–Crippen LogP) is 2.94. The van der Waals surface area contributed by atoms with Crippen LogP contribution in [0.2, 0.25) is 0 Å². The van der Waals surface area contributed by atoms with Gasteiger partial charge in [-0.2, -0.15) is 0 Å². The Morgan fingerprint density at radius 2 is 1.59 bits per heavy atom. The Kier molecular flexibility index (Phi) is 3.79. The molecule has 0 spiro atoms. The molecule has 4 aromatic rings. The van der Waals surface area contributed by atoms with Crippen LogP contribution in [0.15, 0.2) is 48.7 Å². The molecule has 0 amide bonds. The third-order valence-corrected chi connectivity index (χ3v) is 5.41. The average molecular weight is 358 g/mol. The quantitative estimate of drug-likeness (QED) is 0.551. The summed E-state index contributed by atoms with van der Waals surface area (Å²) in [7, 11) is 4.23. The van der Waals surface area contributed by atoms with Gasteiger partial charge in [0.25, 0.3) is 0 Å². The molecule has 0 N–H and O–H groups in total. The SMILES string of the molecule is CN1CCN(c2ccc3nc(-c4cnc5ccccc5n4)n(C)c3c2)CC1. The number of hydrogen-bond donors (Lipinski definition) is 0. The highest BCUT2D eigenvalue weighted by Gasteiger charge is 2.17. The number of benzene rings is 2. The molecule has 0 saturated carbocycles. The van der Waals surface area contributed by atoms with Gasteiger partial charge in [-0.05, 0) is 37.4 Å². The van der Waals surface area contributed by atoms with Crippen LogP contribution in [0.3, 0.4) is 0 Å². The molecule has 1 fully saturated rings. The van der Waals surface area contributed by atoms with Gasteiger partial charge >= 0.3 is 0 Å². The second-order valence-electron chi connectivity index (χ2n) is 7.20.